The average molecular weight is 217 g/mol. The van der Waals surface area contributed by atoms with Gasteiger partial charge in [-0.1, -0.05) is 0 Å². The Morgan fingerprint density at radius 1 is 1.06 bits per heavy atom. The van der Waals surface area contributed by atoms with E-state index in [4.69, 9.17) is 15.2 Å². The van der Waals surface area contributed by atoms with Crippen LogP contribution in [0.25, 0.3) is 10.8 Å². The molecule has 3 heteroatoms. The molecule has 0 fully saturated rings. The summed E-state index contributed by atoms with van der Waals surface area (Å²) in [5.74, 6) is 1.68. The van der Waals surface area contributed by atoms with Gasteiger partial charge in [0.1, 0.15) is 11.5 Å². The quantitative estimate of drug-likeness (QED) is 0.858. The molecule has 0 spiro atoms. The van der Waals surface area contributed by atoms with Crippen molar-refractivity contribution in [1.82, 2.24) is 0 Å². The molecule has 0 aliphatic heterocycles. The second-order valence-electron chi connectivity index (χ2n) is 3.59. The number of methoxy groups -OCH3 is 2. The third-order valence-electron chi connectivity index (χ3n) is 2.64. The highest BCUT2D eigenvalue weighted by atomic mass is 16.5. The Morgan fingerprint density at radius 3 is 2.50 bits per heavy atom. The lowest BCUT2D eigenvalue weighted by molar-refractivity contribution is 0.414. The summed E-state index contributed by atoms with van der Waals surface area (Å²) in [6.07, 6.45) is 0. The Balaban J connectivity index is 2.68. The highest BCUT2D eigenvalue weighted by molar-refractivity contribution is 5.90. The molecule has 0 unspecified atom stereocenters. The van der Waals surface area contributed by atoms with E-state index >= 15 is 0 Å². The summed E-state index contributed by atoms with van der Waals surface area (Å²) in [5, 5.41) is 2.15. The molecule has 2 rings (SSSR count). The van der Waals surface area contributed by atoms with Crippen molar-refractivity contribution in [2.24, 2.45) is 5.73 Å². The van der Waals surface area contributed by atoms with Crippen LogP contribution >= 0.6 is 0 Å². The van der Waals surface area contributed by atoms with Gasteiger partial charge in [-0.2, -0.15) is 0 Å². The molecule has 0 radical (unpaired) electrons. The van der Waals surface area contributed by atoms with E-state index in [0.29, 0.717) is 6.54 Å². The highest BCUT2D eigenvalue weighted by Gasteiger charge is 2.05. The first-order chi connectivity index (χ1) is 7.78. The number of fused-ring (bicyclic) bond motifs is 1. The standard InChI is InChI=1S/C13H15NO2/c1-15-11-3-4-12-10(7-11)5-9(8-14)6-13(12)16-2/h3-7H,8,14H2,1-2H3. The zero-order valence-corrected chi connectivity index (χ0v) is 9.49. The third kappa shape index (κ3) is 1.82. The first-order valence-electron chi connectivity index (χ1n) is 5.13. The fourth-order valence-electron chi connectivity index (χ4n) is 1.79. The molecular weight excluding hydrogens is 202 g/mol. The van der Waals surface area contributed by atoms with Gasteiger partial charge in [0.25, 0.3) is 0 Å². The third-order valence-corrected chi connectivity index (χ3v) is 2.64. The Hall–Kier alpha value is -1.74. The summed E-state index contributed by atoms with van der Waals surface area (Å²) in [6, 6.07) is 9.92. The molecule has 0 saturated heterocycles. The number of nitrogens with two attached hydrogens (primary N) is 1. The summed E-state index contributed by atoms with van der Waals surface area (Å²) in [5.41, 5.74) is 6.70. The van der Waals surface area contributed by atoms with Crippen LogP contribution in [-0.2, 0) is 6.54 Å². The van der Waals surface area contributed by atoms with E-state index in [1.165, 1.54) is 0 Å². The van der Waals surface area contributed by atoms with E-state index in [2.05, 4.69) is 6.07 Å². The van der Waals surface area contributed by atoms with Gasteiger partial charge < -0.3 is 15.2 Å². The van der Waals surface area contributed by atoms with Gasteiger partial charge in [0.2, 0.25) is 0 Å². The minimum Gasteiger partial charge on any atom is -0.497 e. The highest BCUT2D eigenvalue weighted by Crippen LogP contribution is 2.30. The molecular formula is C13H15NO2. The molecule has 0 aliphatic rings. The van der Waals surface area contributed by atoms with Crippen molar-refractivity contribution in [3.8, 4) is 11.5 Å². The Bertz CT molecular complexity index is 503. The molecule has 0 bridgehead atoms. The largest absolute Gasteiger partial charge is 0.497 e. The first kappa shape index (κ1) is 10.8. The van der Waals surface area contributed by atoms with Crippen LogP contribution in [0.4, 0.5) is 0 Å². The van der Waals surface area contributed by atoms with Crippen LogP contribution in [-0.4, -0.2) is 14.2 Å². The molecule has 84 valence electrons. The monoisotopic (exact) mass is 217 g/mol. The van der Waals surface area contributed by atoms with E-state index in [9.17, 15) is 0 Å². The molecule has 0 aliphatic carbocycles. The van der Waals surface area contributed by atoms with Crippen LogP contribution in [0.5, 0.6) is 11.5 Å². The van der Waals surface area contributed by atoms with E-state index in [-0.39, 0.29) is 0 Å². The summed E-state index contributed by atoms with van der Waals surface area (Å²) >= 11 is 0. The first-order valence-corrected chi connectivity index (χ1v) is 5.13. The molecule has 2 N–H and O–H groups in total. The van der Waals surface area contributed by atoms with Crippen LogP contribution in [0.3, 0.4) is 0 Å². The van der Waals surface area contributed by atoms with Crippen LogP contribution in [0.15, 0.2) is 30.3 Å². The maximum atomic E-state index is 5.65. The van der Waals surface area contributed by atoms with Crippen molar-refractivity contribution in [3.63, 3.8) is 0 Å². The lowest BCUT2D eigenvalue weighted by atomic mass is 10.1. The van der Waals surface area contributed by atoms with Gasteiger partial charge in [0.05, 0.1) is 14.2 Å². The molecule has 0 amide bonds. The maximum Gasteiger partial charge on any atom is 0.127 e. The van der Waals surface area contributed by atoms with Crippen molar-refractivity contribution in [3.05, 3.63) is 35.9 Å². The molecule has 16 heavy (non-hydrogen) atoms. The molecule has 3 nitrogen and oxygen atoms in total. The Morgan fingerprint density at radius 2 is 1.88 bits per heavy atom. The van der Waals surface area contributed by atoms with Gasteiger partial charge in [-0.15, -0.1) is 0 Å². The molecule has 0 atom stereocenters. The maximum absolute atomic E-state index is 5.65. The lowest BCUT2D eigenvalue weighted by Gasteiger charge is -2.09. The van der Waals surface area contributed by atoms with Crippen LogP contribution < -0.4 is 15.2 Å². The van der Waals surface area contributed by atoms with Crippen LogP contribution in [0.2, 0.25) is 0 Å². The van der Waals surface area contributed by atoms with Crippen LogP contribution in [0.1, 0.15) is 5.56 Å². The number of ether oxygens (including phenoxy) is 2. The van der Waals surface area contributed by atoms with Gasteiger partial charge in [-0.05, 0) is 41.3 Å². The van der Waals surface area contributed by atoms with Crippen LogP contribution in [0, 0.1) is 0 Å². The number of hydrogen-bond donors (Lipinski definition) is 1. The lowest BCUT2D eigenvalue weighted by Crippen LogP contribution is -1.97. The fourth-order valence-corrected chi connectivity index (χ4v) is 1.79. The van der Waals surface area contributed by atoms with Crippen molar-refractivity contribution in [2.45, 2.75) is 6.54 Å². The summed E-state index contributed by atoms with van der Waals surface area (Å²) in [4.78, 5) is 0. The second kappa shape index (κ2) is 4.41. The van der Waals surface area contributed by atoms with Gasteiger partial charge in [-0.25, -0.2) is 0 Å². The van der Waals surface area contributed by atoms with E-state index in [1.807, 2.05) is 24.3 Å². The van der Waals surface area contributed by atoms with Crippen molar-refractivity contribution in [2.75, 3.05) is 14.2 Å². The van der Waals surface area contributed by atoms with Gasteiger partial charge >= 0.3 is 0 Å². The fraction of sp³-hybridized carbons (Fsp3) is 0.231. The zero-order chi connectivity index (χ0) is 11.5. The molecule has 0 heterocycles. The topological polar surface area (TPSA) is 44.5 Å². The van der Waals surface area contributed by atoms with E-state index < -0.39 is 0 Å². The predicted octanol–water partition coefficient (Wildman–Crippen LogP) is 2.32. The summed E-state index contributed by atoms with van der Waals surface area (Å²) < 4.78 is 10.5. The second-order valence-corrected chi connectivity index (χ2v) is 3.59. The summed E-state index contributed by atoms with van der Waals surface area (Å²) in [7, 11) is 3.32. The molecule has 2 aromatic rings. The predicted molar refractivity (Wildman–Crippen MR) is 64.9 cm³/mol. The normalized spacial score (nSPS) is 10.4. The van der Waals surface area contributed by atoms with Gasteiger partial charge in [0, 0.05) is 11.9 Å². The minimum absolute atomic E-state index is 0.503. The van der Waals surface area contributed by atoms with Crippen molar-refractivity contribution in [1.29, 1.82) is 0 Å². The number of benzene rings is 2. The van der Waals surface area contributed by atoms with Crippen molar-refractivity contribution >= 4 is 10.8 Å². The minimum atomic E-state index is 0.503. The van der Waals surface area contributed by atoms with E-state index in [1.54, 1.807) is 14.2 Å². The Labute approximate surface area is 94.8 Å². The smallest absolute Gasteiger partial charge is 0.127 e. The van der Waals surface area contributed by atoms with E-state index in [0.717, 1.165) is 27.8 Å². The zero-order valence-electron chi connectivity index (χ0n) is 9.49. The SMILES string of the molecule is COc1ccc2c(OC)cc(CN)cc2c1. The van der Waals surface area contributed by atoms with Crippen molar-refractivity contribution < 1.29 is 9.47 Å². The molecule has 2 aromatic carbocycles. The molecule has 0 aromatic heterocycles. The molecule has 0 saturated carbocycles. The summed E-state index contributed by atoms with van der Waals surface area (Å²) in [6.45, 7) is 0.503. The average Bonchev–Trinajstić information content (AvgIpc) is 2.36. The van der Waals surface area contributed by atoms with Gasteiger partial charge in [0.15, 0.2) is 0 Å². The number of rotatable bonds is 3. The number of hydrogen-bond acceptors (Lipinski definition) is 3. The Kier molecular flexibility index (Phi) is 2.97. The van der Waals surface area contributed by atoms with Gasteiger partial charge in [-0.3, -0.25) is 0 Å².